The first kappa shape index (κ1) is 14.4. The molecule has 1 amide bonds. The molecule has 0 spiro atoms. The average molecular weight is 322 g/mol. The van der Waals surface area contributed by atoms with Crippen LogP contribution in [0.25, 0.3) is 6.08 Å². The number of hydrogen-bond acceptors (Lipinski definition) is 3. The number of rotatable bonds is 2. The second kappa shape index (κ2) is 5.66. The lowest BCUT2D eigenvalue weighted by atomic mass is 10.1. The Hall–Kier alpha value is -1.59. The molecule has 2 aromatic heterocycles. The molecule has 4 nitrogen and oxygen atoms in total. The van der Waals surface area contributed by atoms with Crippen LogP contribution in [0.4, 0.5) is 0 Å². The summed E-state index contributed by atoms with van der Waals surface area (Å²) >= 11 is 7.93. The van der Waals surface area contributed by atoms with E-state index in [-0.39, 0.29) is 5.91 Å². The topological polar surface area (TPSA) is 38.1 Å². The van der Waals surface area contributed by atoms with Crippen LogP contribution < -0.4 is 0 Å². The van der Waals surface area contributed by atoms with Crippen LogP contribution in [0.3, 0.4) is 0 Å². The molecule has 0 fully saturated rings. The van der Waals surface area contributed by atoms with Crippen molar-refractivity contribution < 1.29 is 4.79 Å². The summed E-state index contributed by atoms with van der Waals surface area (Å²) in [5, 5.41) is 6.88. The van der Waals surface area contributed by atoms with Gasteiger partial charge in [0.15, 0.2) is 0 Å². The molecule has 1 aliphatic rings. The van der Waals surface area contributed by atoms with Gasteiger partial charge in [0.1, 0.15) is 5.15 Å². The fourth-order valence-corrected chi connectivity index (χ4v) is 3.66. The smallest absolute Gasteiger partial charge is 0.246 e. The van der Waals surface area contributed by atoms with Gasteiger partial charge in [0.25, 0.3) is 0 Å². The quantitative estimate of drug-likeness (QED) is 0.797. The molecule has 0 aromatic carbocycles. The van der Waals surface area contributed by atoms with Gasteiger partial charge in [-0.15, -0.1) is 11.3 Å². The number of aryl methyl sites for hydroxylation is 2. The van der Waals surface area contributed by atoms with Crippen molar-refractivity contribution in [2.45, 2.75) is 19.9 Å². The van der Waals surface area contributed by atoms with E-state index in [1.807, 2.05) is 11.8 Å². The minimum absolute atomic E-state index is 0.0196. The number of aromatic nitrogens is 2. The Balaban J connectivity index is 1.74. The minimum atomic E-state index is 0.0196. The molecule has 0 aliphatic carbocycles. The molecule has 0 bridgehead atoms. The van der Waals surface area contributed by atoms with E-state index in [0.29, 0.717) is 11.7 Å². The van der Waals surface area contributed by atoms with Crippen LogP contribution in [0.2, 0.25) is 5.15 Å². The number of halogens is 1. The third-order valence-electron chi connectivity index (χ3n) is 3.71. The van der Waals surface area contributed by atoms with Crippen molar-refractivity contribution in [3.05, 3.63) is 44.4 Å². The Kier molecular flexibility index (Phi) is 3.87. The van der Waals surface area contributed by atoms with Crippen molar-refractivity contribution in [1.82, 2.24) is 14.7 Å². The van der Waals surface area contributed by atoms with Crippen molar-refractivity contribution in [2.75, 3.05) is 6.54 Å². The maximum Gasteiger partial charge on any atom is 0.246 e. The van der Waals surface area contributed by atoms with Crippen molar-refractivity contribution in [3.63, 3.8) is 0 Å². The summed E-state index contributed by atoms with van der Waals surface area (Å²) in [5.41, 5.74) is 2.90. The minimum Gasteiger partial charge on any atom is -0.334 e. The molecule has 3 heterocycles. The maximum atomic E-state index is 12.3. The molecule has 0 radical (unpaired) electrons. The van der Waals surface area contributed by atoms with Crippen LogP contribution in [0.5, 0.6) is 0 Å². The fraction of sp³-hybridized carbons (Fsp3) is 0.333. The molecule has 0 saturated carbocycles. The summed E-state index contributed by atoms with van der Waals surface area (Å²) in [5.74, 6) is 0.0196. The molecule has 1 aliphatic heterocycles. The fourth-order valence-electron chi connectivity index (χ4n) is 2.53. The van der Waals surface area contributed by atoms with Crippen LogP contribution in [-0.2, 0) is 24.8 Å². The molecule has 0 saturated heterocycles. The lowest BCUT2D eigenvalue weighted by Gasteiger charge is -2.25. The third-order valence-corrected chi connectivity index (χ3v) is 5.18. The maximum absolute atomic E-state index is 12.3. The number of nitrogens with zero attached hydrogens (tertiary/aromatic N) is 3. The lowest BCUT2D eigenvalue weighted by Crippen LogP contribution is -2.34. The number of carbonyl (C=O) groups excluding carboxylic acids is 1. The van der Waals surface area contributed by atoms with Gasteiger partial charge in [0.2, 0.25) is 5.91 Å². The van der Waals surface area contributed by atoms with E-state index in [0.717, 1.165) is 24.2 Å². The Bertz CT molecular complexity index is 717. The van der Waals surface area contributed by atoms with E-state index < -0.39 is 0 Å². The molecular formula is C15H16ClN3OS. The highest BCUT2D eigenvalue weighted by molar-refractivity contribution is 7.10. The average Bonchev–Trinajstić information content (AvgIpc) is 3.02. The van der Waals surface area contributed by atoms with Gasteiger partial charge < -0.3 is 4.90 Å². The SMILES string of the molecule is Cc1nn(C)c(Cl)c1C=CC(=O)N1CCc2sccc2C1. The zero-order valence-electron chi connectivity index (χ0n) is 12.0. The number of hydrogen-bond donors (Lipinski definition) is 0. The van der Waals surface area contributed by atoms with Crippen molar-refractivity contribution in [1.29, 1.82) is 0 Å². The van der Waals surface area contributed by atoms with Crippen molar-refractivity contribution in [3.8, 4) is 0 Å². The predicted octanol–water partition coefficient (Wildman–Crippen LogP) is 3.04. The second-order valence-electron chi connectivity index (χ2n) is 5.13. The van der Waals surface area contributed by atoms with E-state index in [1.54, 1.807) is 35.2 Å². The van der Waals surface area contributed by atoms with Gasteiger partial charge in [0.05, 0.1) is 5.69 Å². The Morgan fingerprint density at radius 3 is 3.05 bits per heavy atom. The standard InChI is InChI=1S/C15H16ClN3OS/c1-10-12(15(16)18(2)17-10)3-4-14(20)19-7-5-13-11(9-19)6-8-21-13/h3-4,6,8H,5,7,9H2,1-2H3. The first-order valence-corrected chi connectivity index (χ1v) is 8.03. The van der Waals surface area contributed by atoms with Gasteiger partial charge in [0, 0.05) is 36.7 Å². The van der Waals surface area contributed by atoms with Crippen molar-refractivity contribution in [2.24, 2.45) is 7.05 Å². The molecule has 0 unspecified atom stereocenters. The van der Waals surface area contributed by atoms with E-state index in [1.165, 1.54) is 10.4 Å². The number of amides is 1. The highest BCUT2D eigenvalue weighted by Gasteiger charge is 2.20. The van der Waals surface area contributed by atoms with Gasteiger partial charge in [-0.05, 0) is 36.4 Å². The predicted molar refractivity (Wildman–Crippen MR) is 85.4 cm³/mol. The summed E-state index contributed by atoms with van der Waals surface area (Å²) in [6, 6.07) is 2.10. The van der Waals surface area contributed by atoms with Gasteiger partial charge in [-0.2, -0.15) is 5.10 Å². The largest absolute Gasteiger partial charge is 0.334 e. The number of thiophene rings is 1. The molecule has 3 rings (SSSR count). The van der Waals surface area contributed by atoms with Crippen LogP contribution in [0.15, 0.2) is 17.5 Å². The van der Waals surface area contributed by atoms with Crippen LogP contribution in [0.1, 0.15) is 21.7 Å². The van der Waals surface area contributed by atoms with E-state index in [2.05, 4.69) is 16.5 Å². The molecule has 2 aromatic rings. The summed E-state index contributed by atoms with van der Waals surface area (Å²) in [4.78, 5) is 15.6. The van der Waals surface area contributed by atoms with Crippen LogP contribution in [0, 0.1) is 6.92 Å². The highest BCUT2D eigenvalue weighted by Crippen LogP contribution is 2.24. The summed E-state index contributed by atoms with van der Waals surface area (Å²) < 4.78 is 1.61. The van der Waals surface area contributed by atoms with Crippen LogP contribution >= 0.6 is 22.9 Å². The summed E-state index contributed by atoms with van der Waals surface area (Å²) in [7, 11) is 1.79. The Morgan fingerprint density at radius 2 is 2.33 bits per heavy atom. The van der Waals surface area contributed by atoms with Gasteiger partial charge in [-0.25, -0.2) is 0 Å². The molecular weight excluding hydrogens is 306 g/mol. The number of fused-ring (bicyclic) bond motifs is 1. The molecule has 110 valence electrons. The zero-order valence-corrected chi connectivity index (χ0v) is 13.5. The van der Waals surface area contributed by atoms with E-state index in [4.69, 9.17) is 11.6 Å². The first-order valence-electron chi connectivity index (χ1n) is 6.77. The van der Waals surface area contributed by atoms with Crippen molar-refractivity contribution >= 4 is 34.9 Å². The molecule has 21 heavy (non-hydrogen) atoms. The monoisotopic (exact) mass is 321 g/mol. The lowest BCUT2D eigenvalue weighted by molar-refractivity contribution is -0.126. The molecule has 0 N–H and O–H groups in total. The second-order valence-corrected chi connectivity index (χ2v) is 6.48. The normalized spacial score (nSPS) is 14.7. The Labute approximate surface area is 132 Å². The van der Waals surface area contributed by atoms with Gasteiger partial charge >= 0.3 is 0 Å². The number of carbonyl (C=O) groups is 1. The summed E-state index contributed by atoms with van der Waals surface area (Å²) in [6.07, 6.45) is 4.29. The van der Waals surface area contributed by atoms with Gasteiger partial charge in [-0.1, -0.05) is 11.6 Å². The highest BCUT2D eigenvalue weighted by atomic mass is 35.5. The first-order chi connectivity index (χ1) is 10.1. The third kappa shape index (κ3) is 2.76. The zero-order chi connectivity index (χ0) is 15.0. The molecule has 0 atom stereocenters. The summed E-state index contributed by atoms with van der Waals surface area (Å²) in [6.45, 7) is 3.35. The Morgan fingerprint density at radius 1 is 1.52 bits per heavy atom. The van der Waals surface area contributed by atoms with E-state index in [9.17, 15) is 4.79 Å². The van der Waals surface area contributed by atoms with E-state index >= 15 is 0 Å². The van der Waals surface area contributed by atoms with Gasteiger partial charge in [-0.3, -0.25) is 9.48 Å². The van der Waals surface area contributed by atoms with Crippen LogP contribution in [-0.4, -0.2) is 27.1 Å². The molecule has 6 heteroatoms.